The van der Waals surface area contributed by atoms with Gasteiger partial charge in [0.25, 0.3) is 5.91 Å². The van der Waals surface area contributed by atoms with E-state index in [0.717, 1.165) is 13.1 Å². The van der Waals surface area contributed by atoms with Crippen molar-refractivity contribution in [2.75, 3.05) is 57.5 Å². The molecule has 25 heavy (non-hydrogen) atoms. The first-order chi connectivity index (χ1) is 12.1. The highest BCUT2D eigenvalue weighted by Gasteiger charge is 2.27. The van der Waals surface area contributed by atoms with E-state index in [9.17, 15) is 9.59 Å². The van der Waals surface area contributed by atoms with E-state index in [4.69, 9.17) is 14.2 Å². The number of aryl methyl sites for hydroxylation is 1. The lowest BCUT2D eigenvalue weighted by Gasteiger charge is -2.36. The fraction of sp³-hybridized carbons (Fsp3) is 0.556. The summed E-state index contributed by atoms with van der Waals surface area (Å²) in [5.74, 6) is -0.708. The number of amides is 1. The van der Waals surface area contributed by atoms with Crippen molar-refractivity contribution in [2.45, 2.75) is 13.0 Å². The molecule has 0 aliphatic carbocycles. The fourth-order valence-corrected chi connectivity index (χ4v) is 2.98. The second kappa shape index (κ2) is 8.31. The van der Waals surface area contributed by atoms with Gasteiger partial charge in [-0.3, -0.25) is 4.79 Å². The zero-order valence-corrected chi connectivity index (χ0v) is 14.5. The number of rotatable bonds is 4. The third-order valence-electron chi connectivity index (χ3n) is 4.42. The van der Waals surface area contributed by atoms with Crippen molar-refractivity contribution in [3.63, 3.8) is 0 Å². The summed E-state index contributed by atoms with van der Waals surface area (Å²) in [5, 5.41) is 0. The van der Waals surface area contributed by atoms with Crippen molar-refractivity contribution in [3.05, 3.63) is 29.8 Å². The Labute approximate surface area is 147 Å². The van der Waals surface area contributed by atoms with Gasteiger partial charge in [0.2, 0.25) is 0 Å². The number of piperazine rings is 1. The molecule has 2 aliphatic heterocycles. The van der Waals surface area contributed by atoms with Crippen LogP contribution in [0.1, 0.15) is 5.56 Å². The summed E-state index contributed by atoms with van der Waals surface area (Å²) in [4.78, 5) is 28.1. The van der Waals surface area contributed by atoms with Crippen LogP contribution in [-0.2, 0) is 23.8 Å². The molecule has 0 saturated carbocycles. The molecule has 1 atom stereocenters. The molecule has 0 radical (unpaired) electrons. The summed E-state index contributed by atoms with van der Waals surface area (Å²) < 4.78 is 15.5. The molecule has 2 aliphatic rings. The second-order valence-corrected chi connectivity index (χ2v) is 6.25. The second-order valence-electron chi connectivity index (χ2n) is 6.25. The van der Waals surface area contributed by atoms with Crippen LogP contribution < -0.4 is 4.90 Å². The van der Waals surface area contributed by atoms with Crippen molar-refractivity contribution in [1.29, 1.82) is 0 Å². The molecule has 0 N–H and O–H groups in total. The normalized spacial score (nSPS) is 21.1. The van der Waals surface area contributed by atoms with Crippen LogP contribution in [0.5, 0.6) is 0 Å². The Bertz CT molecular complexity index is 607. The van der Waals surface area contributed by atoms with E-state index in [-0.39, 0.29) is 19.1 Å². The molecule has 0 aromatic heterocycles. The van der Waals surface area contributed by atoms with Gasteiger partial charge < -0.3 is 24.0 Å². The smallest absolute Gasteiger partial charge is 0.338 e. The number of esters is 1. The SMILES string of the molecule is Cc1cccc(N2CCN(C(=O)COC(=O)[C@@H]3COCCO3)CC2)c1. The third kappa shape index (κ3) is 4.70. The Morgan fingerprint density at radius 1 is 1.20 bits per heavy atom. The molecule has 1 aromatic carbocycles. The molecule has 1 aromatic rings. The minimum Gasteiger partial charge on any atom is -0.454 e. The van der Waals surface area contributed by atoms with Crippen molar-refractivity contribution < 1.29 is 23.8 Å². The van der Waals surface area contributed by atoms with Gasteiger partial charge in [0.1, 0.15) is 0 Å². The van der Waals surface area contributed by atoms with Crippen LogP contribution in [0, 0.1) is 6.92 Å². The van der Waals surface area contributed by atoms with Crippen LogP contribution >= 0.6 is 0 Å². The Morgan fingerprint density at radius 2 is 2.00 bits per heavy atom. The average molecular weight is 348 g/mol. The number of nitrogens with zero attached hydrogens (tertiary/aromatic N) is 2. The molecule has 3 rings (SSSR count). The van der Waals surface area contributed by atoms with E-state index in [1.54, 1.807) is 4.90 Å². The van der Waals surface area contributed by atoms with E-state index in [1.165, 1.54) is 11.3 Å². The molecule has 2 heterocycles. The van der Waals surface area contributed by atoms with Crippen molar-refractivity contribution in [2.24, 2.45) is 0 Å². The average Bonchev–Trinajstić information content (AvgIpc) is 2.66. The molecular formula is C18H24N2O5. The van der Waals surface area contributed by atoms with E-state index in [0.29, 0.717) is 26.3 Å². The van der Waals surface area contributed by atoms with Gasteiger partial charge in [-0.05, 0) is 24.6 Å². The lowest BCUT2D eigenvalue weighted by atomic mass is 10.2. The first-order valence-electron chi connectivity index (χ1n) is 8.59. The number of anilines is 1. The lowest BCUT2D eigenvalue weighted by Crippen LogP contribution is -2.50. The van der Waals surface area contributed by atoms with Crippen molar-refractivity contribution in [1.82, 2.24) is 4.90 Å². The molecule has 1 amide bonds. The van der Waals surface area contributed by atoms with Crippen LogP contribution in [0.15, 0.2) is 24.3 Å². The van der Waals surface area contributed by atoms with Gasteiger partial charge in [-0.15, -0.1) is 0 Å². The highest BCUT2D eigenvalue weighted by Crippen LogP contribution is 2.17. The maximum absolute atomic E-state index is 12.2. The zero-order chi connectivity index (χ0) is 17.6. The minimum absolute atomic E-state index is 0.172. The number of benzene rings is 1. The van der Waals surface area contributed by atoms with Crippen LogP contribution in [0.2, 0.25) is 0 Å². The van der Waals surface area contributed by atoms with E-state index in [1.807, 2.05) is 6.07 Å². The van der Waals surface area contributed by atoms with Gasteiger partial charge in [0, 0.05) is 31.9 Å². The summed E-state index contributed by atoms with van der Waals surface area (Å²) in [6, 6.07) is 8.33. The molecule has 7 heteroatoms. The van der Waals surface area contributed by atoms with Crippen molar-refractivity contribution in [3.8, 4) is 0 Å². The standard InChI is InChI=1S/C18H24N2O5/c1-14-3-2-4-15(11-14)19-5-7-20(8-6-19)17(21)13-25-18(22)16-12-23-9-10-24-16/h2-4,11,16H,5-10,12-13H2,1H3/t16-/m0/s1. The molecule has 0 spiro atoms. The molecule has 2 fully saturated rings. The first kappa shape index (κ1) is 17.7. The Balaban J connectivity index is 1.43. The van der Waals surface area contributed by atoms with E-state index in [2.05, 4.69) is 30.0 Å². The quantitative estimate of drug-likeness (QED) is 0.743. The highest BCUT2D eigenvalue weighted by molar-refractivity contribution is 5.82. The van der Waals surface area contributed by atoms with Gasteiger partial charge in [-0.1, -0.05) is 12.1 Å². The maximum atomic E-state index is 12.2. The lowest BCUT2D eigenvalue weighted by molar-refractivity contribution is -0.173. The third-order valence-corrected chi connectivity index (χ3v) is 4.42. The van der Waals surface area contributed by atoms with Gasteiger partial charge >= 0.3 is 5.97 Å². The predicted molar refractivity (Wildman–Crippen MR) is 91.5 cm³/mol. The number of carbonyl (C=O) groups is 2. The van der Waals surface area contributed by atoms with E-state index < -0.39 is 12.1 Å². The highest BCUT2D eigenvalue weighted by atomic mass is 16.6. The molecule has 136 valence electrons. The summed E-state index contributed by atoms with van der Waals surface area (Å²) >= 11 is 0. The zero-order valence-electron chi connectivity index (χ0n) is 14.5. The van der Waals surface area contributed by atoms with Gasteiger partial charge in [0.15, 0.2) is 12.7 Å². The topological polar surface area (TPSA) is 68.3 Å². The number of carbonyl (C=O) groups excluding carboxylic acids is 2. The van der Waals surface area contributed by atoms with Gasteiger partial charge in [-0.25, -0.2) is 4.79 Å². The minimum atomic E-state index is -0.722. The molecular weight excluding hydrogens is 324 g/mol. The summed E-state index contributed by atoms with van der Waals surface area (Å²) in [5.41, 5.74) is 2.39. The van der Waals surface area contributed by atoms with Gasteiger partial charge in [-0.2, -0.15) is 0 Å². The molecule has 2 saturated heterocycles. The number of hydrogen-bond acceptors (Lipinski definition) is 6. The summed E-state index contributed by atoms with van der Waals surface area (Å²) in [6.45, 7) is 5.62. The summed E-state index contributed by atoms with van der Waals surface area (Å²) in [7, 11) is 0. The number of ether oxygens (including phenoxy) is 3. The van der Waals surface area contributed by atoms with Gasteiger partial charge in [0.05, 0.1) is 19.8 Å². The van der Waals surface area contributed by atoms with Crippen LogP contribution in [0.4, 0.5) is 5.69 Å². The van der Waals surface area contributed by atoms with E-state index >= 15 is 0 Å². The largest absolute Gasteiger partial charge is 0.454 e. The maximum Gasteiger partial charge on any atom is 0.338 e. The monoisotopic (exact) mass is 348 g/mol. The number of hydrogen-bond donors (Lipinski definition) is 0. The summed E-state index contributed by atoms with van der Waals surface area (Å²) in [6.07, 6.45) is -0.722. The van der Waals surface area contributed by atoms with Crippen molar-refractivity contribution >= 4 is 17.6 Å². The van der Waals surface area contributed by atoms with Crippen LogP contribution in [-0.4, -0.2) is 75.5 Å². The predicted octanol–water partition coefficient (Wildman–Crippen LogP) is 0.602. The molecule has 0 bridgehead atoms. The Hall–Kier alpha value is -2.12. The molecule has 0 unspecified atom stereocenters. The Kier molecular flexibility index (Phi) is 5.88. The molecule has 7 nitrogen and oxygen atoms in total. The van der Waals surface area contributed by atoms with Crippen LogP contribution in [0.25, 0.3) is 0 Å². The fourth-order valence-electron chi connectivity index (χ4n) is 2.98. The first-order valence-corrected chi connectivity index (χ1v) is 8.59. The van der Waals surface area contributed by atoms with Crippen LogP contribution in [0.3, 0.4) is 0 Å². The Morgan fingerprint density at radius 3 is 2.68 bits per heavy atom.